The van der Waals surface area contributed by atoms with Gasteiger partial charge in [0.05, 0.1) is 0 Å². The zero-order valence-corrected chi connectivity index (χ0v) is 5.84. The third-order valence-electron chi connectivity index (χ3n) is 2.18. The molecule has 1 aliphatic carbocycles. The van der Waals surface area contributed by atoms with E-state index < -0.39 is 0 Å². The minimum absolute atomic E-state index is 1.06. The number of hydrogen-bond donors (Lipinski definition) is 0. The van der Waals surface area contributed by atoms with Crippen LogP contribution in [0.1, 0.15) is 25.7 Å². The smallest absolute Gasteiger partial charge is 0.0337 e. The van der Waals surface area contributed by atoms with E-state index in [2.05, 4.69) is 11.8 Å². The van der Waals surface area contributed by atoms with Crippen LogP contribution in [0, 0.1) is 11.2 Å². The van der Waals surface area contributed by atoms with E-state index in [-0.39, 0.29) is 0 Å². The van der Waals surface area contributed by atoms with Crippen LogP contribution in [0.2, 0.25) is 0 Å². The SMILES string of the molecule is C1C[C]2SCCC2C1. The maximum absolute atomic E-state index is 2.13. The van der Waals surface area contributed by atoms with E-state index in [4.69, 9.17) is 0 Å². The van der Waals surface area contributed by atoms with Crippen molar-refractivity contribution in [3.8, 4) is 0 Å². The summed E-state index contributed by atoms with van der Waals surface area (Å²) in [6.45, 7) is 0. The summed E-state index contributed by atoms with van der Waals surface area (Å²) in [5.41, 5.74) is 0. The lowest BCUT2D eigenvalue weighted by atomic mass is 10.1. The molecule has 0 bridgehead atoms. The summed E-state index contributed by atoms with van der Waals surface area (Å²) in [6.07, 6.45) is 5.91. The molecule has 1 heteroatoms. The monoisotopic (exact) mass is 127 g/mol. The molecule has 1 saturated carbocycles. The van der Waals surface area contributed by atoms with Gasteiger partial charge in [-0.3, -0.25) is 0 Å². The van der Waals surface area contributed by atoms with Gasteiger partial charge in [-0.15, -0.1) is 0 Å². The summed E-state index contributed by atoms with van der Waals surface area (Å²) in [4.78, 5) is 0. The van der Waals surface area contributed by atoms with Crippen molar-refractivity contribution in [2.45, 2.75) is 25.7 Å². The second-order valence-corrected chi connectivity index (χ2v) is 3.91. The first-order valence-corrected chi connectivity index (χ1v) is 4.44. The number of fused-ring (bicyclic) bond motifs is 1. The fraction of sp³-hybridized carbons (Fsp3) is 0.857. The van der Waals surface area contributed by atoms with Crippen molar-refractivity contribution in [1.82, 2.24) is 0 Å². The van der Waals surface area contributed by atoms with E-state index >= 15 is 0 Å². The number of thioether (sulfide) groups is 1. The van der Waals surface area contributed by atoms with Crippen LogP contribution in [0.25, 0.3) is 0 Å². The van der Waals surface area contributed by atoms with E-state index in [1.165, 1.54) is 31.4 Å². The zero-order valence-electron chi connectivity index (χ0n) is 5.02. The average molecular weight is 127 g/mol. The van der Waals surface area contributed by atoms with E-state index in [0.29, 0.717) is 0 Å². The van der Waals surface area contributed by atoms with Gasteiger partial charge in [0.1, 0.15) is 0 Å². The molecule has 0 spiro atoms. The molecule has 8 heavy (non-hydrogen) atoms. The molecule has 1 aliphatic heterocycles. The quantitative estimate of drug-likeness (QED) is 0.481. The lowest BCUT2D eigenvalue weighted by molar-refractivity contribution is 0.615. The molecule has 2 aliphatic rings. The Labute approximate surface area is 55.0 Å². The van der Waals surface area contributed by atoms with Crippen LogP contribution in [-0.2, 0) is 0 Å². The first-order chi connectivity index (χ1) is 3.97. The van der Waals surface area contributed by atoms with Crippen LogP contribution >= 0.6 is 11.8 Å². The van der Waals surface area contributed by atoms with Crippen LogP contribution in [0.5, 0.6) is 0 Å². The molecular formula is C7H11S. The minimum atomic E-state index is 1.06. The van der Waals surface area contributed by atoms with Gasteiger partial charge in [0.2, 0.25) is 0 Å². The second kappa shape index (κ2) is 1.94. The Balaban J connectivity index is 2.04. The topological polar surface area (TPSA) is 0 Å². The van der Waals surface area contributed by atoms with Crippen LogP contribution in [0.15, 0.2) is 0 Å². The highest BCUT2D eigenvalue weighted by molar-refractivity contribution is 8.02. The maximum atomic E-state index is 2.13. The maximum Gasteiger partial charge on any atom is 0.0337 e. The lowest BCUT2D eigenvalue weighted by Gasteiger charge is -2.02. The van der Waals surface area contributed by atoms with Gasteiger partial charge in [-0.2, -0.15) is 11.8 Å². The van der Waals surface area contributed by atoms with Crippen LogP contribution in [0.4, 0.5) is 0 Å². The fourth-order valence-electron chi connectivity index (χ4n) is 1.72. The summed E-state index contributed by atoms with van der Waals surface area (Å²) < 4.78 is 0. The molecule has 1 radical (unpaired) electrons. The molecule has 45 valence electrons. The number of hydrogen-bond acceptors (Lipinski definition) is 1. The van der Waals surface area contributed by atoms with E-state index in [9.17, 15) is 0 Å². The number of rotatable bonds is 0. The van der Waals surface area contributed by atoms with Crippen LogP contribution in [-0.4, -0.2) is 5.75 Å². The highest BCUT2D eigenvalue weighted by Crippen LogP contribution is 2.49. The molecule has 2 rings (SSSR count). The van der Waals surface area contributed by atoms with Gasteiger partial charge < -0.3 is 0 Å². The molecule has 1 unspecified atom stereocenters. The Hall–Kier alpha value is 0.350. The van der Waals surface area contributed by atoms with Crippen LogP contribution in [0.3, 0.4) is 0 Å². The molecule has 1 heterocycles. The Bertz CT molecular complexity index is 70.4. The standard InChI is InChI=1S/C7H11S/c1-2-6-4-5-8-7(6)3-1/h6H,1-5H2. The molecule has 2 fully saturated rings. The zero-order chi connectivity index (χ0) is 5.40. The Morgan fingerprint density at radius 2 is 2.38 bits per heavy atom. The van der Waals surface area contributed by atoms with E-state index in [1.54, 1.807) is 0 Å². The van der Waals surface area contributed by atoms with Gasteiger partial charge in [-0.05, 0) is 30.9 Å². The second-order valence-electron chi connectivity index (χ2n) is 2.69. The first kappa shape index (κ1) is 5.16. The predicted octanol–water partition coefficient (Wildman–Crippen LogP) is 2.46. The van der Waals surface area contributed by atoms with E-state index in [0.717, 1.165) is 5.92 Å². The van der Waals surface area contributed by atoms with Crippen molar-refractivity contribution < 1.29 is 0 Å². The third kappa shape index (κ3) is 0.680. The Kier molecular flexibility index (Phi) is 1.25. The Morgan fingerprint density at radius 1 is 1.38 bits per heavy atom. The largest absolute Gasteiger partial charge is 0.153 e. The van der Waals surface area contributed by atoms with Crippen molar-refractivity contribution >= 4 is 11.8 Å². The van der Waals surface area contributed by atoms with Gasteiger partial charge >= 0.3 is 0 Å². The third-order valence-corrected chi connectivity index (χ3v) is 3.53. The lowest BCUT2D eigenvalue weighted by Crippen LogP contribution is -1.91. The van der Waals surface area contributed by atoms with Crippen molar-refractivity contribution in [2.24, 2.45) is 5.92 Å². The summed E-state index contributed by atoms with van der Waals surface area (Å²) in [5.74, 6) is 2.47. The van der Waals surface area contributed by atoms with Gasteiger partial charge in [0.25, 0.3) is 0 Å². The minimum Gasteiger partial charge on any atom is -0.153 e. The highest BCUT2D eigenvalue weighted by Gasteiger charge is 2.32. The van der Waals surface area contributed by atoms with E-state index in [1.807, 2.05) is 5.25 Å². The van der Waals surface area contributed by atoms with Gasteiger partial charge in [0, 0.05) is 5.25 Å². The molecule has 1 atom stereocenters. The van der Waals surface area contributed by atoms with Crippen molar-refractivity contribution in [3.63, 3.8) is 0 Å². The molecular weight excluding hydrogens is 116 g/mol. The highest BCUT2D eigenvalue weighted by atomic mass is 32.2. The van der Waals surface area contributed by atoms with Gasteiger partial charge in [-0.1, -0.05) is 6.42 Å². The Morgan fingerprint density at radius 3 is 3.25 bits per heavy atom. The average Bonchev–Trinajstić information content (AvgIpc) is 2.15. The summed E-state index contributed by atoms with van der Waals surface area (Å²) in [7, 11) is 0. The molecule has 1 saturated heterocycles. The van der Waals surface area contributed by atoms with Gasteiger partial charge in [0.15, 0.2) is 0 Å². The van der Waals surface area contributed by atoms with Crippen molar-refractivity contribution in [1.29, 1.82) is 0 Å². The molecule has 0 nitrogen and oxygen atoms in total. The molecule has 0 aromatic carbocycles. The van der Waals surface area contributed by atoms with Crippen LogP contribution < -0.4 is 0 Å². The van der Waals surface area contributed by atoms with Crippen molar-refractivity contribution in [3.05, 3.63) is 5.25 Å². The summed E-state index contributed by atoms with van der Waals surface area (Å²) in [6, 6.07) is 0. The summed E-state index contributed by atoms with van der Waals surface area (Å²) >= 11 is 2.13. The van der Waals surface area contributed by atoms with Crippen molar-refractivity contribution in [2.75, 3.05) is 5.75 Å². The molecule has 0 aromatic rings. The summed E-state index contributed by atoms with van der Waals surface area (Å²) in [5, 5.41) is 1.82. The molecule has 0 N–H and O–H groups in total. The fourth-order valence-corrected chi connectivity index (χ4v) is 3.14. The first-order valence-electron chi connectivity index (χ1n) is 3.45. The normalized spacial score (nSPS) is 38.2. The van der Waals surface area contributed by atoms with Gasteiger partial charge in [-0.25, -0.2) is 0 Å². The predicted molar refractivity (Wildman–Crippen MR) is 37.7 cm³/mol. The molecule has 0 amide bonds. The molecule has 0 aromatic heterocycles.